The summed E-state index contributed by atoms with van der Waals surface area (Å²) in [5, 5.41) is 11.6. The Morgan fingerprint density at radius 2 is 2.39 bits per heavy atom. The molecule has 0 saturated carbocycles. The van der Waals surface area contributed by atoms with Crippen molar-refractivity contribution in [1.82, 2.24) is 4.98 Å². The zero-order valence-corrected chi connectivity index (χ0v) is 9.97. The van der Waals surface area contributed by atoms with E-state index in [2.05, 4.69) is 15.0 Å². The van der Waals surface area contributed by atoms with Gasteiger partial charge in [-0.2, -0.15) is 4.98 Å². The molecule has 2 N–H and O–H groups in total. The van der Waals surface area contributed by atoms with E-state index in [0.29, 0.717) is 35.6 Å². The second-order valence-electron chi connectivity index (χ2n) is 3.67. The van der Waals surface area contributed by atoms with Crippen LogP contribution in [0.25, 0.3) is 11.1 Å². The Hall–Kier alpha value is -2.08. The van der Waals surface area contributed by atoms with Crippen LogP contribution in [-0.2, 0) is 4.74 Å². The number of fused-ring (bicyclic) bond motifs is 1. The number of aromatic nitrogens is 1. The number of carbonyl (C=O) groups excluding carboxylic acids is 1. The van der Waals surface area contributed by atoms with E-state index in [4.69, 9.17) is 9.52 Å². The van der Waals surface area contributed by atoms with Crippen molar-refractivity contribution < 1.29 is 19.1 Å². The minimum absolute atomic E-state index is 0.0979. The number of hydrogen-bond donors (Lipinski definition) is 2. The van der Waals surface area contributed by atoms with Crippen LogP contribution in [0.2, 0.25) is 0 Å². The van der Waals surface area contributed by atoms with E-state index in [-0.39, 0.29) is 6.61 Å². The van der Waals surface area contributed by atoms with Gasteiger partial charge in [-0.3, -0.25) is 0 Å². The molecule has 0 saturated heterocycles. The summed E-state index contributed by atoms with van der Waals surface area (Å²) in [6.07, 6.45) is 0.600. The Kier molecular flexibility index (Phi) is 3.78. The summed E-state index contributed by atoms with van der Waals surface area (Å²) < 4.78 is 10.1. The lowest BCUT2D eigenvalue weighted by molar-refractivity contribution is 0.0602. The average Bonchev–Trinajstić information content (AvgIpc) is 2.80. The van der Waals surface area contributed by atoms with Crippen molar-refractivity contribution in [3.05, 3.63) is 23.8 Å². The van der Waals surface area contributed by atoms with Crippen LogP contribution in [0.4, 0.5) is 6.01 Å². The number of hydrogen-bond acceptors (Lipinski definition) is 6. The summed E-state index contributed by atoms with van der Waals surface area (Å²) in [5.41, 5.74) is 1.36. The predicted molar refractivity (Wildman–Crippen MR) is 65.5 cm³/mol. The fourth-order valence-corrected chi connectivity index (χ4v) is 1.57. The van der Waals surface area contributed by atoms with Gasteiger partial charge in [0.15, 0.2) is 5.58 Å². The molecule has 0 radical (unpaired) electrons. The van der Waals surface area contributed by atoms with Crippen molar-refractivity contribution in [2.45, 2.75) is 6.42 Å². The molecule has 0 spiro atoms. The molecule has 96 valence electrons. The normalized spacial score (nSPS) is 10.6. The van der Waals surface area contributed by atoms with Gasteiger partial charge in [0.05, 0.1) is 12.7 Å². The fraction of sp³-hybridized carbons (Fsp3) is 0.333. The van der Waals surface area contributed by atoms with Gasteiger partial charge in [-0.05, 0) is 18.6 Å². The fourth-order valence-electron chi connectivity index (χ4n) is 1.57. The molecule has 0 fully saturated rings. The van der Waals surface area contributed by atoms with Crippen LogP contribution in [0.3, 0.4) is 0 Å². The standard InChI is InChI=1S/C12H14N2O4/c1-17-11(16)8-4-2-5-9-10(8)14-12(18-9)13-6-3-7-15/h2,4-5,15H,3,6-7H2,1H3,(H,13,14). The van der Waals surface area contributed by atoms with Gasteiger partial charge in [-0.1, -0.05) is 6.07 Å². The largest absolute Gasteiger partial charge is 0.465 e. The van der Waals surface area contributed by atoms with E-state index in [1.807, 2.05) is 0 Å². The molecule has 18 heavy (non-hydrogen) atoms. The lowest BCUT2D eigenvalue weighted by atomic mass is 10.2. The van der Waals surface area contributed by atoms with Crippen LogP contribution in [0.1, 0.15) is 16.8 Å². The first-order valence-electron chi connectivity index (χ1n) is 5.59. The van der Waals surface area contributed by atoms with Crippen molar-refractivity contribution in [3.8, 4) is 0 Å². The summed E-state index contributed by atoms with van der Waals surface area (Å²) >= 11 is 0. The van der Waals surface area contributed by atoms with Gasteiger partial charge in [-0.25, -0.2) is 4.79 Å². The molecule has 1 aromatic carbocycles. The molecule has 1 heterocycles. The number of nitrogens with zero attached hydrogens (tertiary/aromatic N) is 1. The van der Waals surface area contributed by atoms with Crippen LogP contribution in [0.15, 0.2) is 22.6 Å². The Balaban J connectivity index is 2.29. The number of rotatable bonds is 5. The summed E-state index contributed by atoms with van der Waals surface area (Å²) in [4.78, 5) is 15.7. The van der Waals surface area contributed by atoms with Crippen molar-refractivity contribution >= 4 is 23.1 Å². The zero-order valence-electron chi connectivity index (χ0n) is 9.97. The molecular weight excluding hydrogens is 236 g/mol. The van der Waals surface area contributed by atoms with Gasteiger partial charge >= 0.3 is 5.97 Å². The Morgan fingerprint density at radius 1 is 1.56 bits per heavy atom. The highest BCUT2D eigenvalue weighted by Gasteiger charge is 2.15. The smallest absolute Gasteiger partial charge is 0.340 e. The number of esters is 1. The third kappa shape index (κ3) is 2.43. The lowest BCUT2D eigenvalue weighted by Crippen LogP contribution is -2.04. The molecule has 0 aliphatic rings. The van der Waals surface area contributed by atoms with E-state index in [1.54, 1.807) is 18.2 Å². The van der Waals surface area contributed by atoms with Crippen molar-refractivity contribution in [2.24, 2.45) is 0 Å². The Bertz CT molecular complexity index is 550. The molecule has 0 unspecified atom stereocenters. The number of oxazole rings is 1. The summed E-state index contributed by atoms with van der Waals surface area (Å²) in [7, 11) is 1.32. The maximum absolute atomic E-state index is 11.5. The topological polar surface area (TPSA) is 84.6 Å². The van der Waals surface area contributed by atoms with Gasteiger partial charge in [-0.15, -0.1) is 0 Å². The van der Waals surface area contributed by atoms with Crippen LogP contribution in [0, 0.1) is 0 Å². The van der Waals surface area contributed by atoms with E-state index in [9.17, 15) is 4.79 Å². The van der Waals surface area contributed by atoms with E-state index in [0.717, 1.165) is 0 Å². The average molecular weight is 250 g/mol. The number of nitrogens with one attached hydrogen (secondary N) is 1. The number of benzene rings is 1. The number of ether oxygens (including phenoxy) is 1. The van der Waals surface area contributed by atoms with Crippen LogP contribution >= 0.6 is 0 Å². The Labute approximate surface area is 104 Å². The van der Waals surface area contributed by atoms with Crippen LogP contribution in [-0.4, -0.2) is 36.3 Å². The summed E-state index contributed by atoms with van der Waals surface area (Å²) in [5.74, 6) is -0.448. The maximum atomic E-state index is 11.5. The highest BCUT2D eigenvalue weighted by atomic mass is 16.5. The molecule has 6 nitrogen and oxygen atoms in total. The summed E-state index contributed by atoms with van der Waals surface area (Å²) in [6, 6.07) is 5.40. The van der Waals surface area contributed by atoms with Gasteiger partial charge < -0.3 is 19.6 Å². The van der Waals surface area contributed by atoms with Crippen molar-refractivity contribution in [2.75, 3.05) is 25.6 Å². The first-order chi connectivity index (χ1) is 8.76. The molecule has 2 aromatic rings. The van der Waals surface area contributed by atoms with Gasteiger partial charge in [0.25, 0.3) is 6.01 Å². The number of carbonyl (C=O) groups is 1. The maximum Gasteiger partial charge on any atom is 0.340 e. The molecule has 0 aliphatic heterocycles. The molecule has 0 bridgehead atoms. The van der Waals surface area contributed by atoms with Gasteiger partial charge in [0.2, 0.25) is 0 Å². The number of methoxy groups -OCH3 is 1. The number of anilines is 1. The molecule has 0 aliphatic carbocycles. The first kappa shape index (κ1) is 12.4. The molecule has 1 aromatic heterocycles. The molecule has 0 atom stereocenters. The minimum Gasteiger partial charge on any atom is -0.465 e. The zero-order chi connectivity index (χ0) is 13.0. The first-order valence-corrected chi connectivity index (χ1v) is 5.59. The molecule has 6 heteroatoms. The quantitative estimate of drug-likeness (QED) is 0.616. The summed E-state index contributed by atoms with van der Waals surface area (Å²) in [6.45, 7) is 0.650. The van der Waals surface area contributed by atoms with Crippen molar-refractivity contribution in [3.63, 3.8) is 0 Å². The highest BCUT2D eigenvalue weighted by Crippen LogP contribution is 2.22. The third-order valence-corrected chi connectivity index (χ3v) is 2.44. The second-order valence-corrected chi connectivity index (χ2v) is 3.67. The van der Waals surface area contributed by atoms with E-state index in [1.165, 1.54) is 7.11 Å². The minimum atomic E-state index is -0.448. The van der Waals surface area contributed by atoms with E-state index < -0.39 is 5.97 Å². The predicted octanol–water partition coefficient (Wildman–Crippen LogP) is 1.41. The van der Waals surface area contributed by atoms with Crippen LogP contribution in [0.5, 0.6) is 0 Å². The van der Waals surface area contributed by atoms with Crippen molar-refractivity contribution in [1.29, 1.82) is 0 Å². The molecule has 2 rings (SSSR count). The van der Waals surface area contributed by atoms with E-state index >= 15 is 0 Å². The monoisotopic (exact) mass is 250 g/mol. The second kappa shape index (κ2) is 5.50. The Morgan fingerprint density at radius 3 is 3.11 bits per heavy atom. The number of aliphatic hydroxyl groups excluding tert-OH is 1. The lowest BCUT2D eigenvalue weighted by Gasteiger charge is -1.97. The number of aliphatic hydroxyl groups is 1. The van der Waals surface area contributed by atoms with Gasteiger partial charge in [0, 0.05) is 13.2 Å². The SMILES string of the molecule is COC(=O)c1cccc2oc(NCCCO)nc12. The number of para-hydroxylation sites is 1. The van der Waals surface area contributed by atoms with Crippen LogP contribution < -0.4 is 5.32 Å². The third-order valence-electron chi connectivity index (χ3n) is 2.44. The molecule has 0 amide bonds. The highest BCUT2D eigenvalue weighted by molar-refractivity contribution is 6.01. The molecular formula is C12H14N2O4. The van der Waals surface area contributed by atoms with Gasteiger partial charge in [0.1, 0.15) is 5.52 Å².